The molecule has 0 fully saturated rings. The molecular weight excluding hydrogens is 384 g/mol. The van der Waals surface area contributed by atoms with Gasteiger partial charge in [0, 0.05) is 11.1 Å². The van der Waals surface area contributed by atoms with Gasteiger partial charge in [-0.25, -0.2) is 9.59 Å². The maximum Gasteiger partial charge on any atom is 0.401 e. The van der Waals surface area contributed by atoms with Gasteiger partial charge in [-0.1, -0.05) is 97.1 Å². The van der Waals surface area contributed by atoms with Gasteiger partial charge in [0.15, 0.2) is 6.10 Å². The molecule has 0 bridgehead atoms. The zero-order valence-electron chi connectivity index (χ0n) is 19.2. The number of aliphatic hydroxyl groups excluding tert-OH is 1. The summed E-state index contributed by atoms with van der Waals surface area (Å²) in [6, 6.07) is 0. The summed E-state index contributed by atoms with van der Waals surface area (Å²) in [5, 5.41) is 20.8. The highest BCUT2D eigenvalue weighted by molar-refractivity contribution is 5.88. The van der Waals surface area contributed by atoms with E-state index in [1.807, 2.05) is 0 Å². The number of hydrogen-bond acceptors (Lipinski definition) is 6. The monoisotopic (exact) mass is 426 g/mol. The molecule has 30 heavy (non-hydrogen) atoms. The molecule has 0 spiro atoms. The largest absolute Gasteiger partial charge is 0.401 e. The van der Waals surface area contributed by atoms with E-state index in [1.54, 1.807) is 0 Å². The molecule has 0 aliphatic rings. The van der Waals surface area contributed by atoms with Crippen LogP contribution in [0.5, 0.6) is 0 Å². The summed E-state index contributed by atoms with van der Waals surface area (Å²) in [5.41, 5.74) is 0.0229. The minimum absolute atomic E-state index is 0.0114. The minimum atomic E-state index is -2.76. The first-order valence-electron chi connectivity index (χ1n) is 11.3. The van der Waals surface area contributed by atoms with Crippen LogP contribution in [0.3, 0.4) is 0 Å². The van der Waals surface area contributed by atoms with Crippen LogP contribution in [0, 0.1) is 0 Å². The first-order chi connectivity index (χ1) is 14.1. The molecule has 0 aromatic heterocycles. The summed E-state index contributed by atoms with van der Waals surface area (Å²) >= 11 is 0. The number of aliphatic hydroxyl groups is 2. The molecule has 0 saturated carbocycles. The van der Waals surface area contributed by atoms with Crippen LogP contribution in [-0.4, -0.2) is 34.2 Å². The van der Waals surface area contributed by atoms with Gasteiger partial charge < -0.3 is 19.7 Å². The van der Waals surface area contributed by atoms with Crippen LogP contribution in [-0.2, 0) is 19.1 Å². The fourth-order valence-corrected chi connectivity index (χ4v) is 2.96. The number of carbonyl (C=O) groups excluding carboxylic acids is 2. The topological polar surface area (TPSA) is 93.1 Å². The summed E-state index contributed by atoms with van der Waals surface area (Å²) in [6.45, 7) is 11.9. The standard InChI is InChI=1S/C24H42O6/c1-6-7-8-9-10-11-12-13-14-15-16-17-18-21(25)24(28,29-22(26)19(2)3)30-23(27)20(4)5/h21,25,28H,2,4,6-18H2,1,3,5H3. The van der Waals surface area contributed by atoms with Crippen molar-refractivity contribution in [2.75, 3.05) is 0 Å². The molecule has 0 radical (unpaired) electrons. The third kappa shape index (κ3) is 12.8. The van der Waals surface area contributed by atoms with Crippen molar-refractivity contribution in [1.29, 1.82) is 0 Å². The van der Waals surface area contributed by atoms with E-state index in [-0.39, 0.29) is 17.6 Å². The summed E-state index contributed by atoms with van der Waals surface area (Å²) in [5.74, 6) is -4.68. The van der Waals surface area contributed by atoms with Gasteiger partial charge in [0.1, 0.15) is 0 Å². The first kappa shape index (κ1) is 28.3. The van der Waals surface area contributed by atoms with Crippen LogP contribution in [0.25, 0.3) is 0 Å². The second-order valence-corrected chi connectivity index (χ2v) is 8.16. The minimum Gasteiger partial charge on any atom is -0.393 e. The van der Waals surface area contributed by atoms with Crippen molar-refractivity contribution >= 4 is 11.9 Å². The zero-order chi connectivity index (χ0) is 23.0. The van der Waals surface area contributed by atoms with E-state index in [2.05, 4.69) is 20.1 Å². The fraction of sp³-hybridized carbons (Fsp3) is 0.750. The molecule has 0 saturated heterocycles. The van der Waals surface area contributed by atoms with Gasteiger partial charge >= 0.3 is 17.9 Å². The highest BCUT2D eigenvalue weighted by atomic mass is 16.8. The molecule has 0 aromatic rings. The molecule has 2 N–H and O–H groups in total. The van der Waals surface area contributed by atoms with Crippen molar-refractivity contribution in [3.8, 4) is 0 Å². The Hall–Kier alpha value is -1.66. The number of esters is 2. The highest BCUT2D eigenvalue weighted by Crippen LogP contribution is 2.23. The summed E-state index contributed by atoms with van der Waals surface area (Å²) < 4.78 is 9.64. The van der Waals surface area contributed by atoms with Gasteiger partial charge in [-0.3, -0.25) is 0 Å². The molecule has 0 rings (SSSR count). The van der Waals surface area contributed by atoms with Crippen LogP contribution in [0.2, 0.25) is 0 Å². The molecular formula is C24H42O6. The van der Waals surface area contributed by atoms with E-state index in [1.165, 1.54) is 65.2 Å². The van der Waals surface area contributed by atoms with E-state index in [0.29, 0.717) is 6.42 Å². The Morgan fingerprint density at radius 2 is 1.10 bits per heavy atom. The number of hydrogen-bond donors (Lipinski definition) is 2. The number of ether oxygens (including phenoxy) is 2. The Kier molecular flexibility index (Phi) is 15.2. The van der Waals surface area contributed by atoms with Crippen molar-refractivity contribution in [3.05, 3.63) is 24.3 Å². The fourth-order valence-electron chi connectivity index (χ4n) is 2.96. The summed E-state index contributed by atoms with van der Waals surface area (Å²) in [6.07, 6.45) is 12.5. The van der Waals surface area contributed by atoms with Crippen molar-refractivity contribution < 1.29 is 29.3 Å². The summed E-state index contributed by atoms with van der Waals surface area (Å²) in [4.78, 5) is 23.6. The number of rotatable bonds is 18. The molecule has 6 heteroatoms. The van der Waals surface area contributed by atoms with Crippen molar-refractivity contribution in [2.45, 2.75) is 116 Å². The van der Waals surface area contributed by atoms with E-state index in [4.69, 9.17) is 9.47 Å². The van der Waals surface area contributed by atoms with Gasteiger partial charge in [0.2, 0.25) is 0 Å². The SMILES string of the molecule is C=C(C)C(=O)OC(O)(OC(=O)C(=C)C)C(O)CCCCCCCCCCCCCC. The Balaban J connectivity index is 4.22. The van der Waals surface area contributed by atoms with Crippen LogP contribution < -0.4 is 0 Å². The maximum absolute atomic E-state index is 11.8. The molecule has 0 amide bonds. The predicted octanol–water partition coefficient (Wildman–Crippen LogP) is 5.32. The van der Waals surface area contributed by atoms with Crippen LogP contribution in [0.1, 0.15) is 104 Å². The zero-order valence-corrected chi connectivity index (χ0v) is 19.2. The third-order valence-electron chi connectivity index (χ3n) is 4.93. The Bertz CT molecular complexity index is 512. The van der Waals surface area contributed by atoms with Crippen molar-refractivity contribution in [3.63, 3.8) is 0 Å². The second-order valence-electron chi connectivity index (χ2n) is 8.16. The molecule has 0 aliphatic heterocycles. The van der Waals surface area contributed by atoms with Gasteiger partial charge in [-0.15, -0.1) is 0 Å². The third-order valence-corrected chi connectivity index (χ3v) is 4.93. The Morgan fingerprint density at radius 1 is 0.767 bits per heavy atom. The smallest absolute Gasteiger partial charge is 0.393 e. The van der Waals surface area contributed by atoms with Crippen molar-refractivity contribution in [1.82, 2.24) is 0 Å². The van der Waals surface area contributed by atoms with Crippen molar-refractivity contribution in [2.24, 2.45) is 0 Å². The lowest BCUT2D eigenvalue weighted by Gasteiger charge is -2.31. The molecule has 0 aromatic carbocycles. The van der Waals surface area contributed by atoms with Gasteiger partial charge in [-0.2, -0.15) is 0 Å². The van der Waals surface area contributed by atoms with Crippen LogP contribution >= 0.6 is 0 Å². The number of unbranched alkanes of at least 4 members (excludes halogenated alkanes) is 11. The molecule has 6 nitrogen and oxygen atoms in total. The van der Waals surface area contributed by atoms with E-state index >= 15 is 0 Å². The Morgan fingerprint density at radius 3 is 1.43 bits per heavy atom. The van der Waals surface area contributed by atoms with Gasteiger partial charge in [-0.05, 0) is 20.3 Å². The lowest BCUT2D eigenvalue weighted by atomic mass is 10.0. The Labute approximate surface area is 182 Å². The first-order valence-corrected chi connectivity index (χ1v) is 11.3. The molecule has 1 atom stereocenters. The average Bonchev–Trinajstić information content (AvgIpc) is 2.68. The quantitative estimate of drug-likeness (QED) is 0.133. The molecule has 0 heterocycles. The van der Waals surface area contributed by atoms with Crippen LogP contribution in [0.4, 0.5) is 0 Å². The van der Waals surface area contributed by atoms with E-state index in [9.17, 15) is 19.8 Å². The van der Waals surface area contributed by atoms with Gasteiger partial charge in [0.05, 0.1) is 0 Å². The predicted molar refractivity (Wildman–Crippen MR) is 118 cm³/mol. The lowest BCUT2D eigenvalue weighted by molar-refractivity contribution is -0.359. The van der Waals surface area contributed by atoms with E-state index < -0.39 is 24.0 Å². The van der Waals surface area contributed by atoms with E-state index in [0.717, 1.165) is 19.3 Å². The second kappa shape index (κ2) is 16.1. The normalized spacial score (nSPS) is 12.3. The highest BCUT2D eigenvalue weighted by Gasteiger charge is 2.44. The summed E-state index contributed by atoms with van der Waals surface area (Å²) in [7, 11) is 0. The van der Waals surface area contributed by atoms with Crippen LogP contribution in [0.15, 0.2) is 24.3 Å². The van der Waals surface area contributed by atoms with Gasteiger partial charge in [0.25, 0.3) is 0 Å². The number of carbonyl (C=O) groups is 2. The average molecular weight is 427 g/mol. The maximum atomic E-state index is 11.8. The molecule has 174 valence electrons. The molecule has 0 aliphatic carbocycles. The lowest BCUT2D eigenvalue weighted by Crippen LogP contribution is -2.50. The molecule has 1 unspecified atom stereocenters.